The summed E-state index contributed by atoms with van der Waals surface area (Å²) in [5.74, 6) is 1.30. The van der Waals surface area contributed by atoms with Crippen LogP contribution < -0.4 is 5.32 Å². The van der Waals surface area contributed by atoms with Crippen LogP contribution in [0.5, 0.6) is 0 Å². The molecule has 1 atom stereocenters. The van der Waals surface area contributed by atoms with E-state index < -0.39 is 0 Å². The fourth-order valence-electron chi connectivity index (χ4n) is 2.88. The van der Waals surface area contributed by atoms with Gasteiger partial charge in [-0.25, -0.2) is 4.98 Å². The van der Waals surface area contributed by atoms with Gasteiger partial charge >= 0.3 is 0 Å². The lowest BCUT2D eigenvalue weighted by Crippen LogP contribution is -2.26. The van der Waals surface area contributed by atoms with Gasteiger partial charge in [-0.3, -0.25) is 4.79 Å². The molecule has 2 aromatic heterocycles. The molecule has 6 heteroatoms. The number of aryl methyl sites for hydroxylation is 1. The van der Waals surface area contributed by atoms with Crippen molar-refractivity contribution in [2.45, 2.75) is 30.9 Å². The van der Waals surface area contributed by atoms with Crippen LogP contribution in [0.25, 0.3) is 11.1 Å². The van der Waals surface area contributed by atoms with Crippen LogP contribution in [0.4, 0.5) is 0 Å². The van der Waals surface area contributed by atoms with Crippen LogP contribution in [-0.4, -0.2) is 10.9 Å². The number of nitrogens with one attached hydrogen (secondary N) is 1. The van der Waals surface area contributed by atoms with Crippen LogP contribution in [0.3, 0.4) is 0 Å². The Kier molecular flexibility index (Phi) is 5.21. The number of carbonyl (C=O) groups is 1. The van der Waals surface area contributed by atoms with E-state index in [1.165, 1.54) is 11.8 Å². The molecule has 0 saturated carbocycles. The van der Waals surface area contributed by atoms with E-state index in [9.17, 15) is 4.79 Å². The third-order valence-corrected chi connectivity index (χ3v) is 5.24. The van der Waals surface area contributed by atoms with Gasteiger partial charge in [0.2, 0.25) is 0 Å². The molecule has 142 valence electrons. The molecule has 4 rings (SSSR count). The van der Waals surface area contributed by atoms with Crippen LogP contribution in [0.15, 0.2) is 74.7 Å². The Labute approximate surface area is 167 Å². The molecule has 2 aromatic carbocycles. The molecule has 0 aliphatic rings. The molecule has 0 spiro atoms. The summed E-state index contributed by atoms with van der Waals surface area (Å²) in [4.78, 5) is 16.9. The number of hydrogen-bond acceptors (Lipinski definition) is 5. The van der Waals surface area contributed by atoms with Crippen molar-refractivity contribution >= 4 is 28.8 Å². The number of benzene rings is 2. The first-order valence-electron chi connectivity index (χ1n) is 9.03. The Morgan fingerprint density at radius 1 is 1.11 bits per heavy atom. The van der Waals surface area contributed by atoms with E-state index in [-0.39, 0.29) is 11.9 Å². The maximum absolute atomic E-state index is 12.4. The fourth-order valence-corrected chi connectivity index (χ4v) is 3.61. The highest BCUT2D eigenvalue weighted by Crippen LogP contribution is 2.27. The molecule has 1 N–H and O–H groups in total. The lowest BCUT2D eigenvalue weighted by atomic mass is 10.1. The second kappa shape index (κ2) is 7.94. The SMILES string of the molecule is Cc1ccc2oc(SCc3ccc(C(=O)NC(C)c4ccccc4)o3)nc2c1. The second-order valence-corrected chi connectivity index (χ2v) is 7.54. The molecule has 28 heavy (non-hydrogen) atoms. The van der Waals surface area contributed by atoms with Crippen LogP contribution in [0, 0.1) is 6.92 Å². The van der Waals surface area contributed by atoms with Crippen molar-refractivity contribution in [1.82, 2.24) is 10.3 Å². The van der Waals surface area contributed by atoms with Crippen LogP contribution in [0.2, 0.25) is 0 Å². The standard InChI is InChI=1S/C22H20N2O3S/c1-14-8-10-19-18(12-14)24-22(27-19)28-13-17-9-11-20(26-17)21(25)23-15(2)16-6-4-3-5-7-16/h3-12,15H,13H2,1-2H3,(H,23,25). The van der Waals surface area contributed by atoms with E-state index >= 15 is 0 Å². The second-order valence-electron chi connectivity index (χ2n) is 6.61. The zero-order chi connectivity index (χ0) is 19.5. The van der Waals surface area contributed by atoms with E-state index in [0.29, 0.717) is 22.5 Å². The molecular weight excluding hydrogens is 372 g/mol. The number of fused-ring (bicyclic) bond motifs is 1. The summed E-state index contributed by atoms with van der Waals surface area (Å²) in [6.45, 7) is 3.97. The number of oxazole rings is 1. The molecule has 0 saturated heterocycles. The topological polar surface area (TPSA) is 68.3 Å². The van der Waals surface area contributed by atoms with E-state index in [1.54, 1.807) is 6.07 Å². The van der Waals surface area contributed by atoms with Gasteiger partial charge in [0.15, 0.2) is 11.3 Å². The van der Waals surface area contributed by atoms with Gasteiger partial charge in [0.25, 0.3) is 11.1 Å². The maximum Gasteiger partial charge on any atom is 0.287 e. The molecule has 0 fully saturated rings. The summed E-state index contributed by atoms with van der Waals surface area (Å²) in [6, 6.07) is 19.1. The third-order valence-electron chi connectivity index (χ3n) is 4.39. The minimum absolute atomic E-state index is 0.0974. The summed E-state index contributed by atoms with van der Waals surface area (Å²) in [5.41, 5.74) is 3.80. The number of hydrogen-bond donors (Lipinski definition) is 1. The number of aromatic nitrogens is 1. The van der Waals surface area contributed by atoms with Crippen molar-refractivity contribution in [1.29, 1.82) is 0 Å². The molecule has 1 unspecified atom stereocenters. The first kappa shape index (κ1) is 18.4. The summed E-state index contributed by atoms with van der Waals surface area (Å²) in [5, 5.41) is 3.54. The summed E-state index contributed by atoms with van der Waals surface area (Å²) < 4.78 is 11.4. The monoisotopic (exact) mass is 392 g/mol. The zero-order valence-electron chi connectivity index (χ0n) is 15.6. The van der Waals surface area contributed by atoms with E-state index in [4.69, 9.17) is 8.83 Å². The Balaban J connectivity index is 1.37. The highest BCUT2D eigenvalue weighted by Gasteiger charge is 2.15. The van der Waals surface area contributed by atoms with Crippen molar-refractivity contribution < 1.29 is 13.6 Å². The van der Waals surface area contributed by atoms with Gasteiger partial charge in [-0.1, -0.05) is 48.2 Å². The smallest absolute Gasteiger partial charge is 0.287 e. The molecule has 0 aliphatic carbocycles. The summed E-state index contributed by atoms with van der Waals surface area (Å²) in [6.07, 6.45) is 0. The third kappa shape index (κ3) is 4.12. The number of furan rings is 1. The zero-order valence-corrected chi connectivity index (χ0v) is 16.5. The van der Waals surface area contributed by atoms with Gasteiger partial charge in [0, 0.05) is 0 Å². The van der Waals surface area contributed by atoms with Crippen molar-refractivity contribution in [3.63, 3.8) is 0 Å². The molecule has 5 nitrogen and oxygen atoms in total. The summed E-state index contributed by atoms with van der Waals surface area (Å²) >= 11 is 1.44. The van der Waals surface area contributed by atoms with Crippen LogP contribution in [0.1, 0.15) is 40.4 Å². The predicted molar refractivity (Wildman–Crippen MR) is 109 cm³/mol. The van der Waals surface area contributed by atoms with E-state index in [2.05, 4.69) is 10.3 Å². The Hall–Kier alpha value is -2.99. The highest BCUT2D eigenvalue weighted by molar-refractivity contribution is 7.98. The van der Waals surface area contributed by atoms with E-state index in [0.717, 1.165) is 22.2 Å². The average molecular weight is 392 g/mol. The van der Waals surface area contributed by atoms with Gasteiger partial charge in [-0.05, 0) is 49.2 Å². The Bertz CT molecular complexity index is 1100. The molecule has 1 amide bonds. The normalized spacial score (nSPS) is 12.2. The highest BCUT2D eigenvalue weighted by atomic mass is 32.2. The van der Waals surface area contributed by atoms with Crippen molar-refractivity contribution in [2.75, 3.05) is 0 Å². The fraction of sp³-hybridized carbons (Fsp3) is 0.182. The molecule has 4 aromatic rings. The number of carbonyl (C=O) groups excluding carboxylic acids is 1. The van der Waals surface area contributed by atoms with Crippen LogP contribution >= 0.6 is 11.8 Å². The number of amides is 1. The van der Waals surface area contributed by atoms with Gasteiger partial charge < -0.3 is 14.2 Å². The van der Waals surface area contributed by atoms with Gasteiger partial charge in [-0.2, -0.15) is 0 Å². The van der Waals surface area contributed by atoms with Crippen molar-refractivity contribution in [2.24, 2.45) is 0 Å². The minimum atomic E-state index is -0.232. The maximum atomic E-state index is 12.4. The molecule has 2 heterocycles. The van der Waals surface area contributed by atoms with Gasteiger partial charge in [0.1, 0.15) is 11.3 Å². The van der Waals surface area contributed by atoms with E-state index in [1.807, 2.05) is 68.4 Å². The Morgan fingerprint density at radius 3 is 2.75 bits per heavy atom. The minimum Gasteiger partial charge on any atom is -0.455 e. The number of nitrogens with zero attached hydrogens (tertiary/aromatic N) is 1. The first-order valence-corrected chi connectivity index (χ1v) is 10.0. The molecule has 0 bridgehead atoms. The van der Waals surface area contributed by atoms with Gasteiger partial charge in [-0.15, -0.1) is 0 Å². The molecule has 0 aliphatic heterocycles. The average Bonchev–Trinajstić information content (AvgIpc) is 3.33. The predicted octanol–water partition coefficient (Wildman–Crippen LogP) is 5.51. The lowest BCUT2D eigenvalue weighted by molar-refractivity contribution is 0.0910. The number of rotatable bonds is 6. The van der Waals surface area contributed by atoms with Crippen LogP contribution in [-0.2, 0) is 5.75 Å². The van der Waals surface area contributed by atoms with Crippen molar-refractivity contribution in [3.05, 3.63) is 83.3 Å². The van der Waals surface area contributed by atoms with Gasteiger partial charge in [0.05, 0.1) is 11.8 Å². The Morgan fingerprint density at radius 2 is 1.93 bits per heavy atom. The lowest BCUT2D eigenvalue weighted by Gasteiger charge is -2.13. The largest absolute Gasteiger partial charge is 0.455 e. The molecule has 0 radical (unpaired) electrons. The first-order chi connectivity index (χ1) is 13.6. The summed E-state index contributed by atoms with van der Waals surface area (Å²) in [7, 11) is 0. The molecular formula is C22H20N2O3S. The number of thioether (sulfide) groups is 1. The van der Waals surface area contributed by atoms with Crippen molar-refractivity contribution in [3.8, 4) is 0 Å². The quantitative estimate of drug-likeness (QED) is 0.438.